The van der Waals surface area contributed by atoms with Crippen LogP contribution in [0.2, 0.25) is 0 Å². The number of nitrogens with one attached hydrogen (secondary N) is 3. The molecule has 0 saturated carbocycles. The summed E-state index contributed by atoms with van der Waals surface area (Å²) in [6.07, 6.45) is -3.11. The Morgan fingerprint density at radius 3 is 2.72 bits per heavy atom. The average Bonchev–Trinajstić information content (AvgIpc) is 3.37. The molecule has 3 aromatic rings. The number of nitrogens with two attached hydrogens (primary N) is 1. The van der Waals surface area contributed by atoms with E-state index < -0.39 is 41.9 Å². The molecule has 2 aliphatic heterocycles. The Hall–Kier alpha value is -3.32. The van der Waals surface area contributed by atoms with Gasteiger partial charge in [0.1, 0.15) is 12.2 Å². The van der Waals surface area contributed by atoms with Gasteiger partial charge in [0.05, 0.1) is 6.61 Å². The number of nitrogen functional groups attached to an aromatic ring is 1. The zero-order valence-corrected chi connectivity index (χ0v) is 17.3. The molecular formula is C20H22N6O6. The highest BCUT2D eigenvalue weighted by atomic mass is 16.8. The van der Waals surface area contributed by atoms with Gasteiger partial charge in [-0.2, -0.15) is 9.97 Å². The Morgan fingerprint density at radius 1 is 1.19 bits per heavy atom. The van der Waals surface area contributed by atoms with E-state index in [1.807, 2.05) is 30.3 Å². The van der Waals surface area contributed by atoms with Gasteiger partial charge in [-0.1, -0.05) is 30.3 Å². The van der Waals surface area contributed by atoms with Gasteiger partial charge < -0.3 is 29.7 Å². The molecule has 2 aliphatic rings. The molecule has 1 amide bonds. The highest BCUT2D eigenvalue weighted by molar-refractivity contribution is 5.94. The third kappa shape index (κ3) is 3.84. The summed E-state index contributed by atoms with van der Waals surface area (Å²) in [5.41, 5.74) is 6.16. The van der Waals surface area contributed by atoms with Gasteiger partial charge in [-0.05, 0) is 19.4 Å². The topological polar surface area (TPSA) is 166 Å². The van der Waals surface area contributed by atoms with Crippen molar-refractivity contribution in [3.05, 3.63) is 46.2 Å². The van der Waals surface area contributed by atoms with Gasteiger partial charge >= 0.3 is 0 Å². The highest BCUT2D eigenvalue weighted by Gasteiger charge is 2.58. The molecule has 5 N–H and O–H groups in total. The van der Waals surface area contributed by atoms with E-state index in [0.717, 1.165) is 5.56 Å². The number of carbonyl (C=O) groups excluding carboxylic acids is 1. The number of hydrogen-bond acceptors (Lipinski definition) is 9. The summed E-state index contributed by atoms with van der Waals surface area (Å²) in [6.45, 7) is 3.80. The first kappa shape index (κ1) is 20.6. The molecule has 2 saturated heterocycles. The summed E-state index contributed by atoms with van der Waals surface area (Å²) in [7, 11) is 0. The van der Waals surface area contributed by atoms with Crippen molar-refractivity contribution in [2.45, 2.75) is 50.8 Å². The maximum absolute atomic E-state index is 13.0. The van der Waals surface area contributed by atoms with Crippen LogP contribution in [0.4, 0.5) is 11.9 Å². The number of benzene rings is 1. The first-order valence-electron chi connectivity index (χ1n) is 10.0. The van der Waals surface area contributed by atoms with Crippen LogP contribution in [-0.2, 0) is 30.3 Å². The maximum Gasteiger partial charge on any atom is 0.278 e. The number of hydrogen-bond donors (Lipinski definition) is 4. The smallest absolute Gasteiger partial charge is 0.278 e. The number of amides is 1. The molecule has 12 nitrogen and oxygen atoms in total. The molecule has 5 rings (SSSR count). The maximum atomic E-state index is 13.0. The molecule has 0 unspecified atom stereocenters. The van der Waals surface area contributed by atoms with Crippen molar-refractivity contribution in [3.8, 4) is 0 Å². The predicted octanol–water partition coefficient (Wildman–Crippen LogP) is 0.629. The Balaban J connectivity index is 1.33. The van der Waals surface area contributed by atoms with Gasteiger partial charge in [-0.15, -0.1) is 0 Å². The standard InChI is InChI=1S/C20H22N6O6/c1-20(2)31-11-12(30-17(13(11)32-20)29-8-9-6-4-3-5-7-9)16(28)26-19-22-10-14(24-19)23-18(21)25-15(10)27/h3-7,11-13,17H,8H2,1-2H3,(H5,21,22,23,24,25,26,27,28)/t11-,12-,13+,17+/m0/s1. The molecule has 4 atom stereocenters. The minimum Gasteiger partial charge on any atom is -0.369 e. The fourth-order valence-corrected chi connectivity index (χ4v) is 3.83. The molecule has 4 heterocycles. The number of imidazole rings is 1. The summed E-state index contributed by atoms with van der Waals surface area (Å²) in [5, 5.41) is 2.60. The number of aromatic nitrogens is 4. The number of nitrogens with zero attached hydrogens (tertiary/aromatic N) is 2. The second-order valence-corrected chi connectivity index (χ2v) is 8.01. The van der Waals surface area contributed by atoms with E-state index in [2.05, 4.69) is 25.3 Å². The molecule has 0 bridgehead atoms. The lowest BCUT2D eigenvalue weighted by Gasteiger charge is -2.23. The fourth-order valence-electron chi connectivity index (χ4n) is 3.83. The molecule has 2 aromatic heterocycles. The molecular weight excluding hydrogens is 420 g/mol. The first-order chi connectivity index (χ1) is 15.3. The molecule has 0 radical (unpaired) electrons. The lowest BCUT2D eigenvalue weighted by Crippen LogP contribution is -2.39. The van der Waals surface area contributed by atoms with Crippen LogP contribution in [-0.4, -0.2) is 56.2 Å². The molecule has 1 aromatic carbocycles. The van der Waals surface area contributed by atoms with Crippen molar-refractivity contribution in [1.29, 1.82) is 0 Å². The Labute approximate surface area is 181 Å². The number of ether oxygens (including phenoxy) is 4. The average molecular weight is 442 g/mol. The second-order valence-electron chi connectivity index (χ2n) is 8.01. The number of fused-ring (bicyclic) bond motifs is 2. The van der Waals surface area contributed by atoms with Crippen molar-refractivity contribution in [1.82, 2.24) is 19.9 Å². The van der Waals surface area contributed by atoms with E-state index in [1.54, 1.807) is 13.8 Å². The minimum atomic E-state index is -1.02. The van der Waals surface area contributed by atoms with Gasteiger partial charge in [0.15, 0.2) is 29.3 Å². The van der Waals surface area contributed by atoms with Crippen molar-refractivity contribution >= 4 is 29.0 Å². The van der Waals surface area contributed by atoms with E-state index >= 15 is 0 Å². The van der Waals surface area contributed by atoms with E-state index in [9.17, 15) is 9.59 Å². The molecule has 12 heteroatoms. The number of anilines is 2. The SMILES string of the molecule is CC1(C)O[C@@H]2[C@@H](O1)[C@H](OCc1ccccc1)O[C@@H]2C(=O)Nc1nc2nc(N)[nH]c(=O)c2[nH]1. The Morgan fingerprint density at radius 2 is 1.94 bits per heavy atom. The summed E-state index contributed by atoms with van der Waals surface area (Å²) in [4.78, 5) is 38.1. The van der Waals surface area contributed by atoms with Gasteiger partial charge in [-0.25, -0.2) is 0 Å². The zero-order chi connectivity index (χ0) is 22.5. The molecule has 2 fully saturated rings. The van der Waals surface area contributed by atoms with Crippen molar-refractivity contribution in [2.75, 3.05) is 11.1 Å². The molecule has 168 valence electrons. The quantitative estimate of drug-likeness (QED) is 0.443. The minimum absolute atomic E-state index is 0.0283. The fraction of sp³-hybridized carbons (Fsp3) is 0.400. The van der Waals surface area contributed by atoms with E-state index in [-0.39, 0.29) is 29.7 Å². The molecule has 32 heavy (non-hydrogen) atoms. The van der Waals surface area contributed by atoms with Gasteiger partial charge in [-0.3, -0.25) is 19.9 Å². The number of carbonyl (C=O) groups is 1. The first-order valence-corrected chi connectivity index (χ1v) is 10.0. The summed E-state index contributed by atoms with van der Waals surface area (Å²) >= 11 is 0. The van der Waals surface area contributed by atoms with E-state index in [0.29, 0.717) is 0 Å². The monoisotopic (exact) mass is 442 g/mol. The third-order valence-corrected chi connectivity index (χ3v) is 5.15. The van der Waals surface area contributed by atoms with Crippen molar-refractivity contribution in [3.63, 3.8) is 0 Å². The van der Waals surface area contributed by atoms with Crippen LogP contribution in [0.25, 0.3) is 11.2 Å². The normalized spacial score (nSPS) is 26.3. The van der Waals surface area contributed by atoms with Crippen LogP contribution < -0.4 is 16.6 Å². The van der Waals surface area contributed by atoms with Crippen LogP contribution in [0.15, 0.2) is 35.1 Å². The van der Waals surface area contributed by atoms with Crippen LogP contribution in [0.5, 0.6) is 0 Å². The van der Waals surface area contributed by atoms with E-state index in [1.165, 1.54) is 0 Å². The lowest BCUT2D eigenvalue weighted by molar-refractivity contribution is -0.234. The largest absolute Gasteiger partial charge is 0.369 e. The lowest BCUT2D eigenvalue weighted by atomic mass is 10.1. The van der Waals surface area contributed by atoms with Crippen LogP contribution >= 0.6 is 0 Å². The van der Waals surface area contributed by atoms with E-state index in [4.69, 9.17) is 24.7 Å². The van der Waals surface area contributed by atoms with Crippen LogP contribution in [0.1, 0.15) is 19.4 Å². The summed E-state index contributed by atoms with van der Waals surface area (Å²) in [6, 6.07) is 9.59. The van der Waals surface area contributed by atoms with Crippen molar-refractivity contribution in [2.24, 2.45) is 0 Å². The Bertz CT molecular complexity index is 1210. The Kier molecular flexibility index (Phi) is 4.93. The zero-order valence-electron chi connectivity index (χ0n) is 17.3. The third-order valence-electron chi connectivity index (χ3n) is 5.15. The number of H-pyrrole nitrogens is 2. The predicted molar refractivity (Wildman–Crippen MR) is 111 cm³/mol. The van der Waals surface area contributed by atoms with Gasteiger partial charge in [0.25, 0.3) is 11.5 Å². The molecule has 0 aliphatic carbocycles. The summed E-state index contributed by atoms with van der Waals surface area (Å²) in [5.74, 6) is -1.48. The number of rotatable bonds is 5. The van der Waals surface area contributed by atoms with Gasteiger partial charge in [0, 0.05) is 0 Å². The van der Waals surface area contributed by atoms with Crippen LogP contribution in [0, 0.1) is 0 Å². The second kappa shape index (κ2) is 7.67. The van der Waals surface area contributed by atoms with Gasteiger partial charge in [0.2, 0.25) is 11.9 Å². The summed E-state index contributed by atoms with van der Waals surface area (Å²) < 4.78 is 23.6. The molecule has 0 spiro atoms. The van der Waals surface area contributed by atoms with Crippen LogP contribution in [0.3, 0.4) is 0 Å². The number of aromatic amines is 2. The van der Waals surface area contributed by atoms with Crippen molar-refractivity contribution < 1.29 is 23.7 Å². The highest BCUT2D eigenvalue weighted by Crippen LogP contribution is 2.39.